The SMILES string of the molecule is Cc1cc(C)c(/C(N)=N/O)c(Oc2cccc(F)c2)n1. The Morgan fingerprint density at radius 1 is 1.35 bits per heavy atom. The standard InChI is InChI=1S/C14H14FN3O2/c1-8-6-9(2)17-14(12(8)13(16)18-19)20-11-5-3-4-10(15)7-11/h3-7,19H,1-2H3,(H2,16,18). The quantitative estimate of drug-likeness (QED) is 0.390. The van der Waals surface area contributed by atoms with Crippen molar-refractivity contribution in [3.8, 4) is 11.6 Å². The lowest BCUT2D eigenvalue weighted by molar-refractivity contribution is 0.318. The van der Waals surface area contributed by atoms with E-state index in [2.05, 4.69) is 10.1 Å². The number of hydrogen-bond acceptors (Lipinski definition) is 4. The summed E-state index contributed by atoms with van der Waals surface area (Å²) in [6, 6.07) is 7.45. The van der Waals surface area contributed by atoms with Gasteiger partial charge in [-0.3, -0.25) is 0 Å². The van der Waals surface area contributed by atoms with Gasteiger partial charge in [0.1, 0.15) is 11.6 Å². The largest absolute Gasteiger partial charge is 0.438 e. The van der Waals surface area contributed by atoms with Gasteiger partial charge in [0.15, 0.2) is 5.84 Å². The van der Waals surface area contributed by atoms with Crippen molar-refractivity contribution in [3.63, 3.8) is 0 Å². The van der Waals surface area contributed by atoms with E-state index in [9.17, 15) is 4.39 Å². The van der Waals surface area contributed by atoms with Gasteiger partial charge in [-0.15, -0.1) is 0 Å². The Balaban J connectivity index is 2.50. The second-order valence-corrected chi connectivity index (χ2v) is 4.31. The zero-order valence-electron chi connectivity index (χ0n) is 11.1. The summed E-state index contributed by atoms with van der Waals surface area (Å²) in [4.78, 5) is 4.21. The van der Waals surface area contributed by atoms with Crippen LogP contribution in [-0.2, 0) is 0 Å². The number of halogens is 1. The lowest BCUT2D eigenvalue weighted by atomic mass is 10.1. The van der Waals surface area contributed by atoms with Crippen LogP contribution in [0.2, 0.25) is 0 Å². The Labute approximate surface area is 115 Å². The highest BCUT2D eigenvalue weighted by Gasteiger charge is 2.15. The molecule has 0 aliphatic rings. The first-order valence-corrected chi connectivity index (χ1v) is 5.91. The highest BCUT2D eigenvalue weighted by molar-refractivity contribution is 6.00. The van der Waals surface area contributed by atoms with Gasteiger partial charge >= 0.3 is 0 Å². The number of oxime groups is 1. The molecule has 0 saturated carbocycles. The van der Waals surface area contributed by atoms with Crippen LogP contribution in [0.5, 0.6) is 11.6 Å². The molecule has 0 bridgehead atoms. The van der Waals surface area contributed by atoms with Crippen molar-refractivity contribution < 1.29 is 14.3 Å². The summed E-state index contributed by atoms with van der Waals surface area (Å²) < 4.78 is 18.7. The van der Waals surface area contributed by atoms with E-state index in [-0.39, 0.29) is 17.5 Å². The third-order valence-electron chi connectivity index (χ3n) is 2.69. The number of pyridine rings is 1. The summed E-state index contributed by atoms with van der Waals surface area (Å²) >= 11 is 0. The summed E-state index contributed by atoms with van der Waals surface area (Å²) in [5.41, 5.74) is 7.47. The van der Waals surface area contributed by atoms with Crippen molar-refractivity contribution in [1.29, 1.82) is 0 Å². The van der Waals surface area contributed by atoms with E-state index in [0.717, 1.165) is 5.56 Å². The molecule has 6 heteroatoms. The maximum absolute atomic E-state index is 13.2. The number of benzene rings is 1. The molecule has 0 aliphatic carbocycles. The highest BCUT2D eigenvalue weighted by atomic mass is 19.1. The monoisotopic (exact) mass is 275 g/mol. The first kappa shape index (κ1) is 13.8. The third kappa shape index (κ3) is 2.85. The Morgan fingerprint density at radius 2 is 2.10 bits per heavy atom. The molecular formula is C14H14FN3O2. The van der Waals surface area contributed by atoms with Crippen LogP contribution in [0.25, 0.3) is 0 Å². The van der Waals surface area contributed by atoms with Crippen LogP contribution in [0, 0.1) is 19.7 Å². The molecule has 0 amide bonds. The zero-order chi connectivity index (χ0) is 14.7. The van der Waals surface area contributed by atoms with Crippen LogP contribution in [0.1, 0.15) is 16.8 Å². The molecule has 0 spiro atoms. The minimum atomic E-state index is -0.419. The molecule has 1 aromatic heterocycles. The van der Waals surface area contributed by atoms with Gasteiger partial charge in [0.25, 0.3) is 0 Å². The number of nitrogens with zero attached hydrogens (tertiary/aromatic N) is 2. The van der Waals surface area contributed by atoms with Crippen LogP contribution >= 0.6 is 0 Å². The lowest BCUT2D eigenvalue weighted by Gasteiger charge is -2.12. The molecule has 1 aromatic carbocycles. The maximum Gasteiger partial charge on any atom is 0.230 e. The first-order valence-electron chi connectivity index (χ1n) is 5.91. The van der Waals surface area contributed by atoms with Crippen LogP contribution in [-0.4, -0.2) is 16.0 Å². The van der Waals surface area contributed by atoms with Gasteiger partial charge in [-0.05, 0) is 37.6 Å². The van der Waals surface area contributed by atoms with E-state index in [4.69, 9.17) is 15.7 Å². The van der Waals surface area contributed by atoms with E-state index in [0.29, 0.717) is 11.3 Å². The number of aromatic nitrogens is 1. The molecule has 2 aromatic rings. The molecule has 0 saturated heterocycles. The predicted molar refractivity (Wildman–Crippen MR) is 72.7 cm³/mol. The van der Waals surface area contributed by atoms with Gasteiger partial charge in [0.2, 0.25) is 5.88 Å². The molecule has 0 unspecified atom stereocenters. The van der Waals surface area contributed by atoms with E-state index >= 15 is 0 Å². The summed E-state index contributed by atoms with van der Waals surface area (Å²) in [5.74, 6) is -0.0727. The Morgan fingerprint density at radius 3 is 2.75 bits per heavy atom. The number of nitrogens with two attached hydrogens (primary N) is 1. The summed E-state index contributed by atoms with van der Waals surface area (Å²) in [6.07, 6.45) is 0. The molecule has 0 fully saturated rings. The molecule has 0 atom stereocenters. The number of aryl methyl sites for hydroxylation is 2. The fourth-order valence-electron chi connectivity index (χ4n) is 1.88. The number of amidine groups is 1. The molecule has 2 rings (SSSR count). The molecule has 20 heavy (non-hydrogen) atoms. The van der Waals surface area contributed by atoms with E-state index < -0.39 is 5.82 Å². The Kier molecular flexibility index (Phi) is 3.84. The smallest absolute Gasteiger partial charge is 0.230 e. The van der Waals surface area contributed by atoms with Gasteiger partial charge < -0.3 is 15.7 Å². The van der Waals surface area contributed by atoms with Crippen LogP contribution in [0.4, 0.5) is 4.39 Å². The first-order chi connectivity index (χ1) is 9.51. The molecule has 3 N–H and O–H groups in total. The molecule has 104 valence electrons. The molecular weight excluding hydrogens is 261 g/mol. The normalized spacial score (nSPS) is 11.4. The minimum Gasteiger partial charge on any atom is -0.438 e. The number of hydrogen-bond donors (Lipinski definition) is 2. The minimum absolute atomic E-state index is 0.110. The van der Waals surface area contributed by atoms with Crippen molar-refractivity contribution >= 4 is 5.84 Å². The molecule has 0 radical (unpaired) electrons. The van der Waals surface area contributed by atoms with Crippen LogP contribution in [0.15, 0.2) is 35.5 Å². The van der Waals surface area contributed by atoms with Crippen molar-refractivity contribution in [2.24, 2.45) is 10.9 Å². The second kappa shape index (κ2) is 5.56. The van der Waals surface area contributed by atoms with Crippen LogP contribution in [0.3, 0.4) is 0 Å². The lowest BCUT2D eigenvalue weighted by Crippen LogP contribution is -2.17. The van der Waals surface area contributed by atoms with Gasteiger partial charge in [-0.25, -0.2) is 9.37 Å². The zero-order valence-corrected chi connectivity index (χ0v) is 11.1. The summed E-state index contributed by atoms with van der Waals surface area (Å²) in [5, 5.41) is 11.8. The van der Waals surface area contributed by atoms with Crippen molar-refractivity contribution in [1.82, 2.24) is 4.98 Å². The second-order valence-electron chi connectivity index (χ2n) is 4.31. The Bertz CT molecular complexity index is 671. The molecule has 0 aliphatic heterocycles. The van der Waals surface area contributed by atoms with E-state index in [1.54, 1.807) is 26.0 Å². The van der Waals surface area contributed by atoms with E-state index in [1.807, 2.05) is 0 Å². The fraction of sp³-hybridized carbons (Fsp3) is 0.143. The van der Waals surface area contributed by atoms with Gasteiger partial charge in [-0.2, -0.15) is 0 Å². The third-order valence-corrected chi connectivity index (χ3v) is 2.69. The van der Waals surface area contributed by atoms with Crippen LogP contribution < -0.4 is 10.5 Å². The van der Waals surface area contributed by atoms with Gasteiger partial charge in [0, 0.05) is 11.8 Å². The Hall–Kier alpha value is -2.63. The fourth-order valence-corrected chi connectivity index (χ4v) is 1.88. The summed E-state index contributed by atoms with van der Waals surface area (Å²) in [6.45, 7) is 3.59. The van der Waals surface area contributed by atoms with Gasteiger partial charge in [0.05, 0.1) is 5.56 Å². The average molecular weight is 275 g/mol. The van der Waals surface area contributed by atoms with E-state index in [1.165, 1.54) is 18.2 Å². The average Bonchev–Trinajstić information content (AvgIpc) is 2.37. The topological polar surface area (TPSA) is 80.7 Å². The summed E-state index contributed by atoms with van der Waals surface area (Å²) in [7, 11) is 0. The van der Waals surface area contributed by atoms with Crippen molar-refractivity contribution in [2.45, 2.75) is 13.8 Å². The predicted octanol–water partition coefficient (Wildman–Crippen LogP) is 2.72. The number of rotatable bonds is 3. The number of ether oxygens (including phenoxy) is 1. The molecule has 1 heterocycles. The highest BCUT2D eigenvalue weighted by Crippen LogP contribution is 2.26. The van der Waals surface area contributed by atoms with Crippen molar-refractivity contribution in [3.05, 3.63) is 53.0 Å². The maximum atomic E-state index is 13.2. The van der Waals surface area contributed by atoms with Gasteiger partial charge in [-0.1, -0.05) is 11.2 Å². The molecule has 5 nitrogen and oxygen atoms in total. The van der Waals surface area contributed by atoms with Crippen molar-refractivity contribution in [2.75, 3.05) is 0 Å².